The average Bonchev–Trinajstić information content (AvgIpc) is 2.43. The molecule has 5 heteroatoms. The van der Waals surface area contributed by atoms with Crippen LogP contribution in [-0.4, -0.2) is 16.5 Å². The summed E-state index contributed by atoms with van der Waals surface area (Å²) in [6.07, 6.45) is 2.54. The van der Waals surface area contributed by atoms with Crippen LogP contribution in [0.3, 0.4) is 0 Å². The molecule has 0 aliphatic heterocycles. The Labute approximate surface area is 112 Å². The van der Waals surface area contributed by atoms with Gasteiger partial charge in [0.2, 0.25) is 0 Å². The number of benzene rings is 1. The maximum absolute atomic E-state index is 13.0. The third kappa shape index (κ3) is 4.21. The number of nitrogens with one attached hydrogen (secondary N) is 2. The standard InChI is InChI=1S/C14H17FN4/c1-2-6-16-13-8-14(19-10-18-13)17-9-11-4-3-5-12(15)7-11/h3-5,7-8,10H,2,6,9H2,1H3,(H2,16,17,18,19). The van der Waals surface area contributed by atoms with E-state index in [4.69, 9.17) is 0 Å². The minimum Gasteiger partial charge on any atom is -0.370 e. The van der Waals surface area contributed by atoms with Crippen molar-refractivity contribution in [2.45, 2.75) is 19.9 Å². The van der Waals surface area contributed by atoms with Crippen molar-refractivity contribution in [2.24, 2.45) is 0 Å². The number of rotatable bonds is 6. The molecule has 0 aliphatic carbocycles. The lowest BCUT2D eigenvalue weighted by Crippen LogP contribution is -2.05. The molecule has 0 amide bonds. The molecule has 0 unspecified atom stereocenters. The van der Waals surface area contributed by atoms with Gasteiger partial charge in [-0.2, -0.15) is 0 Å². The van der Waals surface area contributed by atoms with E-state index in [9.17, 15) is 4.39 Å². The van der Waals surface area contributed by atoms with Gasteiger partial charge in [-0.05, 0) is 24.1 Å². The molecule has 0 aliphatic rings. The van der Waals surface area contributed by atoms with Gasteiger partial charge < -0.3 is 10.6 Å². The summed E-state index contributed by atoms with van der Waals surface area (Å²) in [5.74, 6) is 1.28. The van der Waals surface area contributed by atoms with Gasteiger partial charge in [0.25, 0.3) is 0 Å². The Kier molecular flexibility index (Phi) is 4.66. The first-order chi connectivity index (χ1) is 9.28. The largest absolute Gasteiger partial charge is 0.370 e. The highest BCUT2D eigenvalue weighted by Crippen LogP contribution is 2.11. The van der Waals surface area contributed by atoms with Gasteiger partial charge in [-0.3, -0.25) is 0 Å². The normalized spacial score (nSPS) is 10.2. The van der Waals surface area contributed by atoms with E-state index in [1.165, 1.54) is 18.5 Å². The zero-order valence-corrected chi connectivity index (χ0v) is 10.9. The first kappa shape index (κ1) is 13.3. The summed E-state index contributed by atoms with van der Waals surface area (Å²) >= 11 is 0. The molecule has 100 valence electrons. The zero-order valence-electron chi connectivity index (χ0n) is 10.9. The molecule has 0 bridgehead atoms. The van der Waals surface area contributed by atoms with Gasteiger partial charge >= 0.3 is 0 Å². The Morgan fingerprint density at radius 2 is 1.89 bits per heavy atom. The summed E-state index contributed by atoms with van der Waals surface area (Å²) in [6, 6.07) is 8.34. The van der Waals surface area contributed by atoms with Crippen molar-refractivity contribution < 1.29 is 4.39 Å². The minimum absolute atomic E-state index is 0.229. The molecule has 0 spiro atoms. The van der Waals surface area contributed by atoms with Crippen molar-refractivity contribution in [3.05, 3.63) is 48.0 Å². The molecule has 2 aromatic rings. The average molecular weight is 260 g/mol. The van der Waals surface area contributed by atoms with E-state index in [-0.39, 0.29) is 5.82 Å². The third-order valence-electron chi connectivity index (χ3n) is 2.59. The fourth-order valence-corrected chi connectivity index (χ4v) is 1.64. The first-order valence-electron chi connectivity index (χ1n) is 6.32. The Balaban J connectivity index is 1.95. The van der Waals surface area contributed by atoms with Crippen LogP contribution in [0.25, 0.3) is 0 Å². The lowest BCUT2D eigenvalue weighted by molar-refractivity contribution is 0.626. The maximum Gasteiger partial charge on any atom is 0.131 e. The van der Waals surface area contributed by atoms with Gasteiger partial charge in [0.15, 0.2) is 0 Å². The molecule has 1 aromatic carbocycles. The molecular formula is C14H17FN4. The molecule has 0 fully saturated rings. The summed E-state index contributed by atoms with van der Waals surface area (Å²) in [6.45, 7) is 3.50. The predicted molar refractivity (Wildman–Crippen MR) is 74.5 cm³/mol. The SMILES string of the molecule is CCCNc1cc(NCc2cccc(F)c2)ncn1. The van der Waals surface area contributed by atoms with E-state index in [1.807, 2.05) is 12.1 Å². The highest BCUT2D eigenvalue weighted by molar-refractivity contribution is 5.46. The second-order valence-electron chi connectivity index (χ2n) is 4.20. The Morgan fingerprint density at radius 1 is 1.11 bits per heavy atom. The van der Waals surface area contributed by atoms with Crippen molar-refractivity contribution in [1.82, 2.24) is 9.97 Å². The predicted octanol–water partition coefficient (Wildman–Crippen LogP) is 3.05. The number of anilines is 2. The second kappa shape index (κ2) is 6.68. The molecule has 1 aromatic heterocycles. The molecule has 0 saturated carbocycles. The molecule has 0 radical (unpaired) electrons. The van der Waals surface area contributed by atoms with Crippen molar-refractivity contribution >= 4 is 11.6 Å². The maximum atomic E-state index is 13.0. The zero-order chi connectivity index (χ0) is 13.5. The number of aromatic nitrogens is 2. The number of hydrogen-bond acceptors (Lipinski definition) is 4. The Bertz CT molecular complexity index is 530. The molecule has 2 N–H and O–H groups in total. The fourth-order valence-electron chi connectivity index (χ4n) is 1.64. The smallest absolute Gasteiger partial charge is 0.131 e. The Hall–Kier alpha value is -2.17. The third-order valence-corrected chi connectivity index (χ3v) is 2.59. The van der Waals surface area contributed by atoms with Crippen LogP contribution in [0.4, 0.5) is 16.0 Å². The molecule has 2 rings (SSSR count). The van der Waals surface area contributed by atoms with Gasteiger partial charge in [-0.25, -0.2) is 14.4 Å². The summed E-state index contributed by atoms with van der Waals surface area (Å²) < 4.78 is 13.0. The first-order valence-corrected chi connectivity index (χ1v) is 6.32. The fraction of sp³-hybridized carbons (Fsp3) is 0.286. The second-order valence-corrected chi connectivity index (χ2v) is 4.20. The van der Waals surface area contributed by atoms with Crippen LogP contribution in [0.2, 0.25) is 0 Å². The van der Waals surface area contributed by atoms with E-state index >= 15 is 0 Å². The minimum atomic E-state index is -0.229. The number of hydrogen-bond donors (Lipinski definition) is 2. The Morgan fingerprint density at radius 3 is 2.63 bits per heavy atom. The lowest BCUT2D eigenvalue weighted by Gasteiger charge is -2.08. The van der Waals surface area contributed by atoms with Crippen molar-refractivity contribution in [1.29, 1.82) is 0 Å². The summed E-state index contributed by atoms with van der Waals surface area (Å²) in [5, 5.41) is 6.34. The van der Waals surface area contributed by atoms with Crippen LogP contribution >= 0.6 is 0 Å². The van der Waals surface area contributed by atoms with Gasteiger partial charge in [0.1, 0.15) is 23.8 Å². The van der Waals surface area contributed by atoms with E-state index in [1.54, 1.807) is 6.07 Å². The molecule has 0 atom stereocenters. The van der Waals surface area contributed by atoms with Gasteiger partial charge in [0, 0.05) is 19.2 Å². The van der Waals surface area contributed by atoms with Crippen LogP contribution in [-0.2, 0) is 6.54 Å². The van der Waals surface area contributed by atoms with Crippen LogP contribution in [0.5, 0.6) is 0 Å². The van der Waals surface area contributed by atoms with E-state index < -0.39 is 0 Å². The molecule has 19 heavy (non-hydrogen) atoms. The van der Waals surface area contributed by atoms with Crippen LogP contribution < -0.4 is 10.6 Å². The highest BCUT2D eigenvalue weighted by atomic mass is 19.1. The van der Waals surface area contributed by atoms with Crippen LogP contribution in [0.1, 0.15) is 18.9 Å². The molecule has 0 saturated heterocycles. The summed E-state index contributed by atoms with van der Waals surface area (Å²) in [7, 11) is 0. The van der Waals surface area contributed by atoms with E-state index in [2.05, 4.69) is 27.5 Å². The van der Waals surface area contributed by atoms with Crippen LogP contribution in [0.15, 0.2) is 36.7 Å². The molecule has 1 heterocycles. The van der Waals surface area contributed by atoms with Crippen molar-refractivity contribution in [3.63, 3.8) is 0 Å². The topological polar surface area (TPSA) is 49.8 Å². The van der Waals surface area contributed by atoms with Gasteiger partial charge in [-0.15, -0.1) is 0 Å². The van der Waals surface area contributed by atoms with E-state index in [0.717, 1.165) is 30.2 Å². The van der Waals surface area contributed by atoms with Gasteiger partial charge in [-0.1, -0.05) is 19.1 Å². The lowest BCUT2D eigenvalue weighted by atomic mass is 10.2. The highest BCUT2D eigenvalue weighted by Gasteiger charge is 1.99. The number of nitrogens with zero attached hydrogens (tertiary/aromatic N) is 2. The van der Waals surface area contributed by atoms with Crippen molar-refractivity contribution in [2.75, 3.05) is 17.2 Å². The summed E-state index contributed by atoms with van der Waals surface area (Å²) in [4.78, 5) is 8.25. The quantitative estimate of drug-likeness (QED) is 0.838. The monoisotopic (exact) mass is 260 g/mol. The van der Waals surface area contributed by atoms with E-state index in [0.29, 0.717) is 6.54 Å². The summed E-state index contributed by atoms with van der Waals surface area (Å²) in [5.41, 5.74) is 0.877. The number of halogens is 1. The van der Waals surface area contributed by atoms with Crippen LogP contribution in [0, 0.1) is 5.82 Å². The molecular weight excluding hydrogens is 243 g/mol. The van der Waals surface area contributed by atoms with Gasteiger partial charge in [0.05, 0.1) is 0 Å². The van der Waals surface area contributed by atoms with Crippen molar-refractivity contribution in [3.8, 4) is 0 Å². The molecule has 4 nitrogen and oxygen atoms in total.